The van der Waals surface area contributed by atoms with E-state index < -0.39 is 0 Å². The highest BCUT2D eigenvalue weighted by atomic mass is 32.1. The maximum absolute atomic E-state index is 12.5. The molecule has 3 amide bonds. The summed E-state index contributed by atoms with van der Waals surface area (Å²) in [7, 11) is 0. The van der Waals surface area contributed by atoms with E-state index in [0.29, 0.717) is 6.54 Å². The summed E-state index contributed by atoms with van der Waals surface area (Å²) in [5.74, 6) is 0.0736. The first-order chi connectivity index (χ1) is 11.8. The van der Waals surface area contributed by atoms with Crippen LogP contribution in [0.5, 0.6) is 0 Å². The van der Waals surface area contributed by atoms with E-state index in [1.54, 1.807) is 0 Å². The van der Waals surface area contributed by atoms with Crippen LogP contribution >= 0.6 is 11.3 Å². The van der Waals surface area contributed by atoms with Gasteiger partial charge in [0.25, 0.3) is 5.91 Å². The number of fused-ring (bicyclic) bond motifs is 1. The fourth-order valence-corrected chi connectivity index (χ4v) is 3.56. The maximum atomic E-state index is 12.5. The summed E-state index contributed by atoms with van der Waals surface area (Å²) < 4.78 is 0. The summed E-state index contributed by atoms with van der Waals surface area (Å²) in [4.78, 5) is 27.2. The fraction of sp³-hybridized carbons (Fsp3) is 0.368. The molecular weight excluding hydrogens is 334 g/mol. The van der Waals surface area contributed by atoms with Crippen LogP contribution in [0.4, 0.5) is 10.5 Å². The van der Waals surface area contributed by atoms with E-state index in [-0.39, 0.29) is 17.5 Å². The highest BCUT2D eigenvalue weighted by Crippen LogP contribution is 2.24. The van der Waals surface area contributed by atoms with Crippen molar-refractivity contribution in [3.8, 4) is 0 Å². The fourth-order valence-electron chi connectivity index (χ4n) is 2.87. The molecular formula is C19H23N3O2S. The smallest absolute Gasteiger partial charge is 0.319 e. The van der Waals surface area contributed by atoms with Gasteiger partial charge in [-0.2, -0.15) is 0 Å². The van der Waals surface area contributed by atoms with Crippen LogP contribution in [0.3, 0.4) is 0 Å². The topological polar surface area (TPSA) is 61.4 Å². The van der Waals surface area contributed by atoms with Crippen molar-refractivity contribution < 1.29 is 9.59 Å². The van der Waals surface area contributed by atoms with Gasteiger partial charge in [-0.15, -0.1) is 11.3 Å². The predicted octanol–water partition coefficient (Wildman–Crippen LogP) is 3.87. The second-order valence-corrected chi connectivity index (χ2v) is 8.21. The molecule has 0 unspecified atom stereocenters. The molecule has 25 heavy (non-hydrogen) atoms. The van der Waals surface area contributed by atoms with Gasteiger partial charge in [-0.25, -0.2) is 4.79 Å². The number of benzene rings is 1. The molecule has 2 heterocycles. The Kier molecular flexibility index (Phi) is 4.81. The van der Waals surface area contributed by atoms with Gasteiger partial charge >= 0.3 is 6.03 Å². The van der Waals surface area contributed by atoms with E-state index in [4.69, 9.17) is 0 Å². The number of carbonyl (C=O) groups is 2. The minimum absolute atomic E-state index is 0.0736. The van der Waals surface area contributed by atoms with Crippen molar-refractivity contribution in [2.24, 2.45) is 0 Å². The lowest BCUT2D eigenvalue weighted by atomic mass is 9.99. The molecule has 0 radical (unpaired) electrons. The number of amides is 3. The minimum atomic E-state index is -0.289. The number of nitrogens with one attached hydrogen (secondary N) is 2. The van der Waals surface area contributed by atoms with E-state index in [2.05, 4.69) is 10.6 Å². The standard InChI is InChI=1S/C19H23N3O2S/c1-19(2,3)21-18(24)20-15-7-6-13-8-9-22(12-14(13)11-15)17(23)16-5-4-10-25-16/h4-7,10-11H,8-9,12H2,1-3H3,(H2,20,21,24). The van der Waals surface area contributed by atoms with Crippen LogP contribution in [0.2, 0.25) is 0 Å². The Morgan fingerprint density at radius 2 is 1.96 bits per heavy atom. The Labute approximate surface area is 152 Å². The number of hydrogen-bond donors (Lipinski definition) is 2. The summed E-state index contributed by atoms with van der Waals surface area (Å²) in [6.07, 6.45) is 0.834. The van der Waals surface area contributed by atoms with Crippen molar-refractivity contribution in [2.75, 3.05) is 11.9 Å². The van der Waals surface area contributed by atoms with Crippen LogP contribution < -0.4 is 10.6 Å². The highest BCUT2D eigenvalue weighted by molar-refractivity contribution is 7.12. The molecule has 3 rings (SSSR count). The van der Waals surface area contributed by atoms with Gasteiger partial charge in [0.05, 0.1) is 4.88 Å². The second-order valence-electron chi connectivity index (χ2n) is 7.27. The number of rotatable bonds is 2. The Bertz CT molecular complexity index is 778. The molecule has 0 saturated carbocycles. The largest absolute Gasteiger partial charge is 0.333 e. The lowest BCUT2D eigenvalue weighted by Crippen LogP contribution is -2.43. The number of hydrogen-bond acceptors (Lipinski definition) is 3. The number of thiophene rings is 1. The maximum Gasteiger partial charge on any atom is 0.319 e. The molecule has 1 aromatic carbocycles. The third-order valence-electron chi connectivity index (χ3n) is 3.98. The van der Waals surface area contributed by atoms with E-state index in [9.17, 15) is 9.59 Å². The Hall–Kier alpha value is -2.34. The Balaban J connectivity index is 1.71. The molecule has 1 aromatic heterocycles. The zero-order valence-electron chi connectivity index (χ0n) is 14.8. The molecule has 0 aliphatic carbocycles. The van der Waals surface area contributed by atoms with Crippen LogP contribution in [0.15, 0.2) is 35.7 Å². The van der Waals surface area contributed by atoms with Gasteiger partial charge in [0.2, 0.25) is 0 Å². The van der Waals surface area contributed by atoms with Crippen LogP contribution in [-0.2, 0) is 13.0 Å². The van der Waals surface area contributed by atoms with Gasteiger partial charge < -0.3 is 15.5 Å². The summed E-state index contributed by atoms with van der Waals surface area (Å²) >= 11 is 1.47. The van der Waals surface area contributed by atoms with Crippen molar-refractivity contribution in [1.82, 2.24) is 10.2 Å². The monoisotopic (exact) mass is 357 g/mol. The normalized spacial score (nSPS) is 14.0. The van der Waals surface area contributed by atoms with Gasteiger partial charge in [0.1, 0.15) is 0 Å². The van der Waals surface area contributed by atoms with Crippen molar-refractivity contribution in [2.45, 2.75) is 39.3 Å². The highest BCUT2D eigenvalue weighted by Gasteiger charge is 2.23. The zero-order valence-corrected chi connectivity index (χ0v) is 15.6. The molecule has 132 valence electrons. The SMILES string of the molecule is CC(C)(C)NC(=O)Nc1ccc2c(c1)CN(C(=O)c1cccs1)CC2. The van der Waals surface area contributed by atoms with E-state index in [1.165, 1.54) is 16.9 Å². The second kappa shape index (κ2) is 6.88. The van der Waals surface area contributed by atoms with Crippen LogP contribution in [0.1, 0.15) is 41.6 Å². The van der Waals surface area contributed by atoms with Crippen molar-refractivity contribution in [3.63, 3.8) is 0 Å². The molecule has 1 aliphatic heterocycles. The molecule has 0 bridgehead atoms. The van der Waals surface area contributed by atoms with Gasteiger partial charge in [-0.1, -0.05) is 12.1 Å². The van der Waals surface area contributed by atoms with Crippen molar-refractivity contribution in [1.29, 1.82) is 0 Å². The van der Waals surface area contributed by atoms with Crippen molar-refractivity contribution >= 4 is 29.0 Å². The van der Waals surface area contributed by atoms with Gasteiger partial charge in [0.15, 0.2) is 0 Å². The Morgan fingerprint density at radius 1 is 1.16 bits per heavy atom. The average Bonchev–Trinajstić information content (AvgIpc) is 3.06. The molecule has 6 heteroatoms. The summed E-state index contributed by atoms with van der Waals surface area (Å²) in [6.45, 7) is 7.11. The molecule has 2 N–H and O–H groups in total. The quantitative estimate of drug-likeness (QED) is 0.857. The molecule has 5 nitrogen and oxygen atoms in total. The zero-order chi connectivity index (χ0) is 18.0. The number of urea groups is 1. The number of nitrogens with zero attached hydrogens (tertiary/aromatic N) is 1. The molecule has 0 atom stereocenters. The first-order valence-corrected chi connectivity index (χ1v) is 9.23. The molecule has 0 saturated heterocycles. The summed E-state index contributed by atoms with van der Waals surface area (Å²) in [6, 6.07) is 9.44. The molecule has 1 aliphatic rings. The number of anilines is 1. The molecule has 2 aromatic rings. The van der Waals surface area contributed by atoms with E-state index in [0.717, 1.165) is 29.1 Å². The van der Waals surface area contributed by atoms with Crippen molar-refractivity contribution in [3.05, 3.63) is 51.7 Å². The third kappa shape index (κ3) is 4.39. The van der Waals surface area contributed by atoms with Crippen LogP contribution in [-0.4, -0.2) is 28.9 Å². The summed E-state index contributed by atoms with van der Waals surface area (Å²) in [5.41, 5.74) is 2.77. The molecule has 0 spiro atoms. The third-order valence-corrected chi connectivity index (χ3v) is 4.84. The van der Waals surface area contributed by atoms with Gasteiger partial charge in [0, 0.05) is 24.3 Å². The lowest BCUT2D eigenvalue weighted by Gasteiger charge is -2.29. The van der Waals surface area contributed by atoms with Crippen LogP contribution in [0.25, 0.3) is 0 Å². The first kappa shape index (κ1) is 17.5. The predicted molar refractivity (Wildman–Crippen MR) is 101 cm³/mol. The Morgan fingerprint density at radius 3 is 2.64 bits per heavy atom. The van der Waals surface area contributed by atoms with E-state index >= 15 is 0 Å². The summed E-state index contributed by atoms with van der Waals surface area (Å²) in [5, 5.41) is 7.67. The lowest BCUT2D eigenvalue weighted by molar-refractivity contribution is 0.0739. The average molecular weight is 357 g/mol. The minimum Gasteiger partial charge on any atom is -0.333 e. The van der Waals surface area contributed by atoms with Crippen LogP contribution in [0, 0.1) is 0 Å². The van der Waals surface area contributed by atoms with Gasteiger partial charge in [-0.3, -0.25) is 4.79 Å². The first-order valence-electron chi connectivity index (χ1n) is 8.35. The number of carbonyl (C=O) groups excluding carboxylic acids is 2. The van der Waals surface area contributed by atoms with Gasteiger partial charge in [-0.05, 0) is 61.9 Å². The van der Waals surface area contributed by atoms with E-state index in [1.807, 2.05) is 61.4 Å². The molecule has 0 fully saturated rings.